The van der Waals surface area contributed by atoms with Crippen LogP contribution >= 0.6 is 0 Å². The van der Waals surface area contributed by atoms with E-state index in [2.05, 4.69) is 47.3 Å². The van der Waals surface area contributed by atoms with Gasteiger partial charge in [-0.2, -0.15) is 10.2 Å². The summed E-state index contributed by atoms with van der Waals surface area (Å²) in [4.78, 5) is 0. The molecule has 4 nitrogen and oxygen atoms in total. The molecule has 2 aromatic carbocycles. The molecular formula is C14H16N4. The van der Waals surface area contributed by atoms with Crippen molar-refractivity contribution in [3.8, 4) is 0 Å². The molecule has 0 unspecified atom stereocenters. The zero-order valence-electron chi connectivity index (χ0n) is 10.4. The standard InChI is InChI=1S/C14H16N4/c1-11(15)17-18(16-2)10-12-7-8-13-5-3-4-6-14(13)9-12/h3-9H,2,10H2,1H3,(H2,15,17). The van der Waals surface area contributed by atoms with Crippen LogP contribution in [0.1, 0.15) is 12.5 Å². The first-order valence-corrected chi connectivity index (χ1v) is 5.71. The Bertz CT molecular complexity index is 585. The normalized spacial score (nSPS) is 11.5. The molecule has 2 rings (SSSR count). The minimum atomic E-state index is 0.461. The van der Waals surface area contributed by atoms with Crippen molar-refractivity contribution in [3.05, 3.63) is 48.0 Å². The minimum Gasteiger partial charge on any atom is -0.386 e. The van der Waals surface area contributed by atoms with E-state index in [1.54, 1.807) is 6.92 Å². The molecule has 0 saturated carbocycles. The van der Waals surface area contributed by atoms with Gasteiger partial charge in [0.15, 0.2) is 0 Å². The molecule has 4 heteroatoms. The number of rotatable bonds is 4. The van der Waals surface area contributed by atoms with Crippen LogP contribution in [0.25, 0.3) is 10.8 Å². The van der Waals surface area contributed by atoms with Crippen LogP contribution in [0.15, 0.2) is 52.7 Å². The lowest BCUT2D eigenvalue weighted by atomic mass is 10.1. The molecule has 0 radical (unpaired) electrons. The van der Waals surface area contributed by atoms with Gasteiger partial charge in [-0.05, 0) is 29.3 Å². The lowest BCUT2D eigenvalue weighted by Gasteiger charge is -2.13. The summed E-state index contributed by atoms with van der Waals surface area (Å²) in [5, 5.41) is 11.8. The second-order valence-corrected chi connectivity index (χ2v) is 4.09. The van der Waals surface area contributed by atoms with E-state index in [4.69, 9.17) is 5.73 Å². The largest absolute Gasteiger partial charge is 0.386 e. The van der Waals surface area contributed by atoms with E-state index >= 15 is 0 Å². The molecule has 18 heavy (non-hydrogen) atoms. The fourth-order valence-corrected chi connectivity index (χ4v) is 1.80. The van der Waals surface area contributed by atoms with Gasteiger partial charge in [-0.15, -0.1) is 5.10 Å². The molecule has 0 amide bonds. The van der Waals surface area contributed by atoms with E-state index in [1.165, 1.54) is 15.9 Å². The minimum absolute atomic E-state index is 0.461. The highest BCUT2D eigenvalue weighted by Gasteiger charge is 2.01. The van der Waals surface area contributed by atoms with Crippen LogP contribution in [0.3, 0.4) is 0 Å². The van der Waals surface area contributed by atoms with Gasteiger partial charge in [0, 0.05) is 6.72 Å². The Hall–Kier alpha value is -2.36. The molecule has 92 valence electrons. The number of hydrazone groups is 2. The van der Waals surface area contributed by atoms with Crippen LogP contribution in [0.2, 0.25) is 0 Å². The third kappa shape index (κ3) is 2.85. The molecular weight excluding hydrogens is 224 g/mol. The molecule has 0 fully saturated rings. The van der Waals surface area contributed by atoms with Crippen molar-refractivity contribution in [2.24, 2.45) is 15.9 Å². The Balaban J connectivity index is 2.26. The molecule has 0 spiro atoms. The van der Waals surface area contributed by atoms with Crippen LogP contribution in [0.4, 0.5) is 0 Å². The average Bonchev–Trinajstić information content (AvgIpc) is 2.37. The summed E-state index contributed by atoms with van der Waals surface area (Å²) < 4.78 is 0. The fraction of sp³-hybridized carbons (Fsp3) is 0.143. The van der Waals surface area contributed by atoms with Gasteiger partial charge in [0.25, 0.3) is 0 Å². The third-order valence-corrected chi connectivity index (χ3v) is 2.57. The van der Waals surface area contributed by atoms with E-state index in [9.17, 15) is 0 Å². The number of benzene rings is 2. The number of hydrogen-bond acceptors (Lipinski definition) is 3. The van der Waals surface area contributed by atoms with Gasteiger partial charge >= 0.3 is 0 Å². The average molecular weight is 240 g/mol. The summed E-state index contributed by atoms with van der Waals surface area (Å²) in [6.07, 6.45) is 0. The van der Waals surface area contributed by atoms with Crippen molar-refractivity contribution in [2.75, 3.05) is 0 Å². The lowest BCUT2D eigenvalue weighted by Crippen LogP contribution is -2.16. The van der Waals surface area contributed by atoms with Crippen LogP contribution in [-0.4, -0.2) is 17.7 Å². The monoisotopic (exact) mass is 240 g/mol. The summed E-state index contributed by atoms with van der Waals surface area (Å²) in [5.74, 6) is 0.461. The van der Waals surface area contributed by atoms with Crippen LogP contribution in [0.5, 0.6) is 0 Å². The molecule has 0 aliphatic rings. The Morgan fingerprint density at radius 2 is 1.94 bits per heavy atom. The predicted octanol–water partition coefficient (Wildman–Crippen LogP) is 2.55. The van der Waals surface area contributed by atoms with Crippen LogP contribution < -0.4 is 5.73 Å². The van der Waals surface area contributed by atoms with Crippen molar-refractivity contribution in [3.63, 3.8) is 0 Å². The van der Waals surface area contributed by atoms with Gasteiger partial charge in [0.05, 0.1) is 6.54 Å². The quantitative estimate of drug-likeness (QED) is 0.507. The van der Waals surface area contributed by atoms with Gasteiger partial charge in [-0.25, -0.2) is 0 Å². The zero-order valence-corrected chi connectivity index (χ0v) is 10.4. The van der Waals surface area contributed by atoms with E-state index in [0.717, 1.165) is 5.56 Å². The number of hydrogen-bond donors (Lipinski definition) is 1. The van der Waals surface area contributed by atoms with Gasteiger partial charge < -0.3 is 5.73 Å². The number of amidine groups is 1. The maximum absolute atomic E-state index is 5.53. The van der Waals surface area contributed by atoms with Crippen molar-refractivity contribution in [1.29, 1.82) is 0 Å². The Morgan fingerprint density at radius 1 is 1.22 bits per heavy atom. The van der Waals surface area contributed by atoms with Gasteiger partial charge in [-0.3, -0.25) is 0 Å². The Labute approximate surface area is 106 Å². The van der Waals surface area contributed by atoms with Crippen LogP contribution in [0, 0.1) is 0 Å². The first-order valence-electron chi connectivity index (χ1n) is 5.71. The highest BCUT2D eigenvalue weighted by Crippen LogP contribution is 2.16. The number of fused-ring (bicyclic) bond motifs is 1. The highest BCUT2D eigenvalue weighted by atomic mass is 15.7. The smallest absolute Gasteiger partial charge is 0.118 e. The van der Waals surface area contributed by atoms with Gasteiger partial charge in [0.1, 0.15) is 5.84 Å². The fourth-order valence-electron chi connectivity index (χ4n) is 1.80. The molecule has 0 aromatic heterocycles. The van der Waals surface area contributed by atoms with Crippen molar-refractivity contribution < 1.29 is 0 Å². The zero-order chi connectivity index (χ0) is 13.0. The van der Waals surface area contributed by atoms with Crippen LogP contribution in [-0.2, 0) is 6.54 Å². The molecule has 0 heterocycles. The summed E-state index contributed by atoms with van der Waals surface area (Å²) in [5.41, 5.74) is 6.65. The van der Waals surface area contributed by atoms with E-state index in [1.807, 2.05) is 12.1 Å². The maximum atomic E-state index is 5.53. The molecule has 0 aliphatic heterocycles. The van der Waals surface area contributed by atoms with Crippen molar-refractivity contribution in [1.82, 2.24) is 5.12 Å². The topological polar surface area (TPSA) is 54.0 Å². The molecule has 2 aromatic rings. The number of nitrogens with two attached hydrogens (primary N) is 1. The second-order valence-electron chi connectivity index (χ2n) is 4.09. The third-order valence-electron chi connectivity index (χ3n) is 2.57. The summed E-state index contributed by atoms with van der Waals surface area (Å²) in [7, 11) is 0. The number of nitrogens with zero attached hydrogens (tertiary/aromatic N) is 3. The lowest BCUT2D eigenvalue weighted by molar-refractivity contribution is 0.298. The first kappa shape index (κ1) is 12.1. The van der Waals surface area contributed by atoms with E-state index in [0.29, 0.717) is 12.4 Å². The second kappa shape index (κ2) is 5.31. The van der Waals surface area contributed by atoms with Crippen molar-refractivity contribution >= 4 is 23.3 Å². The SMILES string of the molecule is C=NN(Cc1ccc2ccccc2c1)/N=C(/C)N. The van der Waals surface area contributed by atoms with Crippen molar-refractivity contribution in [2.45, 2.75) is 13.5 Å². The maximum Gasteiger partial charge on any atom is 0.118 e. The van der Waals surface area contributed by atoms with Gasteiger partial charge in [0.2, 0.25) is 0 Å². The molecule has 0 bridgehead atoms. The Kier molecular flexibility index (Phi) is 3.57. The molecule has 2 N–H and O–H groups in total. The molecule has 0 aliphatic carbocycles. The highest BCUT2D eigenvalue weighted by molar-refractivity contribution is 5.83. The van der Waals surface area contributed by atoms with E-state index in [-0.39, 0.29) is 0 Å². The summed E-state index contributed by atoms with van der Waals surface area (Å²) >= 11 is 0. The van der Waals surface area contributed by atoms with Gasteiger partial charge in [-0.1, -0.05) is 36.4 Å². The Morgan fingerprint density at radius 3 is 2.61 bits per heavy atom. The summed E-state index contributed by atoms with van der Waals surface area (Å²) in [6, 6.07) is 14.5. The molecule has 0 saturated heterocycles. The van der Waals surface area contributed by atoms with E-state index < -0.39 is 0 Å². The predicted molar refractivity (Wildman–Crippen MR) is 76.3 cm³/mol. The first-order chi connectivity index (χ1) is 8.69. The summed E-state index contributed by atoms with van der Waals surface area (Å²) in [6.45, 7) is 5.77. The molecule has 0 atom stereocenters.